The Bertz CT molecular complexity index is 25.3. The van der Waals surface area contributed by atoms with Crippen LogP contribution < -0.4 is 11.3 Å². The molecule has 0 amide bonds. The second-order valence-corrected chi connectivity index (χ2v) is 0.417. The summed E-state index contributed by atoms with van der Waals surface area (Å²) in [5, 5.41) is 18.4. The van der Waals surface area contributed by atoms with Crippen LogP contribution in [0.2, 0.25) is 0 Å². The molecule has 0 unspecified atom stereocenters. The molecule has 7 heavy (non-hydrogen) atoms. The van der Waals surface area contributed by atoms with Gasteiger partial charge in [0.2, 0.25) is 0 Å². The summed E-state index contributed by atoms with van der Waals surface area (Å²) in [6, 6.07) is 0. The summed E-state index contributed by atoms with van der Waals surface area (Å²) in [6.07, 6.45) is 0. The van der Waals surface area contributed by atoms with Gasteiger partial charge in [-0.2, -0.15) is 0 Å². The van der Waals surface area contributed by atoms with E-state index < -0.39 is 0 Å². The maximum absolute atomic E-state index is 7.51. The molecule has 7 heteroatoms. The molecule has 0 radical (unpaired) electrons. The second-order valence-electron chi connectivity index (χ2n) is 0.417. The molecule has 0 spiro atoms. The highest BCUT2D eigenvalue weighted by molar-refractivity contribution is 3.32. The van der Waals surface area contributed by atoms with Crippen molar-refractivity contribution in [2.24, 2.45) is 0 Å². The van der Waals surface area contributed by atoms with Gasteiger partial charge in [-0.05, 0) is 16.3 Å². The molecule has 4 N–H and O–H groups in total. The first-order valence-electron chi connectivity index (χ1n) is 1.19. The fourth-order valence-electron chi connectivity index (χ4n) is 0.0474. The van der Waals surface area contributed by atoms with Crippen LogP contribution >= 0.6 is 0 Å². The molecule has 0 bridgehead atoms. The fourth-order valence-corrected chi connectivity index (χ4v) is 0.0474. The van der Waals surface area contributed by atoms with Gasteiger partial charge in [0.25, 0.3) is 0 Å². The molecule has 0 atom stereocenters. The van der Waals surface area contributed by atoms with Gasteiger partial charge in [-0.25, -0.2) is 0 Å². The Balaban J connectivity index is 2.45. The van der Waals surface area contributed by atoms with Crippen molar-refractivity contribution in [2.45, 2.75) is 0 Å². The normalized spacial score (nSPS) is 9.43. The van der Waals surface area contributed by atoms with Gasteiger partial charge in [-0.1, -0.05) is 9.98 Å². The molecule has 0 fully saturated rings. The third kappa shape index (κ3) is 5.72. The molecular formula is H4N2O5. The highest BCUT2D eigenvalue weighted by Gasteiger charge is 1.78. The summed E-state index contributed by atoms with van der Waals surface area (Å²) in [6.45, 7) is 0. The summed E-state index contributed by atoms with van der Waals surface area (Å²) < 4.78 is 0. The highest BCUT2D eigenvalue weighted by Crippen LogP contribution is 1.65. The van der Waals surface area contributed by atoms with E-state index in [0.717, 1.165) is 11.3 Å². The molecule has 0 aliphatic carbocycles. The molecule has 0 aromatic carbocycles. The first kappa shape index (κ1) is 6.72. The van der Waals surface area contributed by atoms with Crippen molar-refractivity contribution in [3.63, 3.8) is 0 Å². The number of hydrogen-bond acceptors (Lipinski definition) is 7. The van der Waals surface area contributed by atoms with Gasteiger partial charge in [0.05, 0.1) is 0 Å². The van der Waals surface area contributed by atoms with Crippen molar-refractivity contribution in [2.75, 3.05) is 0 Å². The van der Waals surface area contributed by atoms with Crippen LogP contribution in [0.1, 0.15) is 0 Å². The average molecular weight is 112 g/mol. The topological polar surface area (TPSA) is 92.2 Å². The first-order chi connectivity index (χ1) is 3.41. The number of hydrogen-bond donors (Lipinski definition) is 4. The van der Waals surface area contributed by atoms with Gasteiger partial charge in [0.15, 0.2) is 0 Å². The van der Waals surface area contributed by atoms with Crippen molar-refractivity contribution in [1.82, 2.24) is 11.3 Å². The quantitative estimate of drug-likeness (QED) is 0.203. The van der Waals surface area contributed by atoms with Gasteiger partial charge in [0, 0.05) is 0 Å². The van der Waals surface area contributed by atoms with Crippen LogP contribution in [0.25, 0.3) is 0 Å². The minimum atomic E-state index is 1.10. The summed E-state index contributed by atoms with van der Waals surface area (Å²) >= 11 is 0. The lowest BCUT2D eigenvalue weighted by Crippen LogP contribution is -2.14. The van der Waals surface area contributed by atoms with Crippen LogP contribution in [-0.2, 0) is 15.0 Å². The molecule has 7 nitrogen and oxygen atoms in total. The minimum absolute atomic E-state index is 1.10. The third-order valence-electron chi connectivity index (χ3n) is 0.143. The maximum Gasteiger partial charge on any atom is -0.0255 e. The molecule has 44 valence electrons. The maximum atomic E-state index is 7.51. The van der Waals surface area contributed by atoms with E-state index in [2.05, 4.69) is 15.0 Å². The smallest absolute Gasteiger partial charge is 0.0255 e. The molecule has 0 aromatic heterocycles. The van der Waals surface area contributed by atoms with Crippen LogP contribution in [0.15, 0.2) is 0 Å². The van der Waals surface area contributed by atoms with Crippen LogP contribution in [0.3, 0.4) is 0 Å². The zero-order chi connectivity index (χ0) is 5.54. The fraction of sp³-hybridized carbons (Fsp3) is 0. The average Bonchev–Trinajstić information content (AvgIpc) is 1.69. The number of rotatable bonds is 4. The van der Waals surface area contributed by atoms with Crippen molar-refractivity contribution in [1.29, 1.82) is 0 Å². The molecule has 0 saturated heterocycles. The van der Waals surface area contributed by atoms with Gasteiger partial charge in [-0.3, -0.25) is 10.4 Å². The Kier molecular flexibility index (Phi) is 5.49. The van der Waals surface area contributed by atoms with E-state index in [1.165, 1.54) is 0 Å². The first-order valence-corrected chi connectivity index (χ1v) is 1.19. The van der Waals surface area contributed by atoms with E-state index in [-0.39, 0.29) is 0 Å². The van der Waals surface area contributed by atoms with Crippen LogP contribution in [-0.4, -0.2) is 10.4 Å². The monoisotopic (exact) mass is 112 g/mol. The van der Waals surface area contributed by atoms with Crippen molar-refractivity contribution >= 4 is 0 Å². The zero-order valence-electron chi connectivity index (χ0n) is 3.12. The zero-order valence-corrected chi connectivity index (χ0v) is 3.12. The Morgan fingerprint density at radius 1 is 1.00 bits per heavy atom. The standard InChI is InChI=1S/H4N2O5/c3-1-5-7-6-2-4/h1-4H. The van der Waals surface area contributed by atoms with E-state index in [1.54, 1.807) is 0 Å². The Morgan fingerprint density at radius 2 is 1.43 bits per heavy atom. The van der Waals surface area contributed by atoms with E-state index in [4.69, 9.17) is 10.4 Å². The lowest BCUT2D eigenvalue weighted by Gasteiger charge is -1.92. The molecule has 0 rings (SSSR count). The Morgan fingerprint density at radius 3 is 1.71 bits per heavy atom. The highest BCUT2D eigenvalue weighted by atomic mass is 17.6. The largest absolute Gasteiger partial charge is 0.290 e. The predicted molar refractivity (Wildman–Crippen MR) is 13.1 cm³/mol. The van der Waals surface area contributed by atoms with Crippen molar-refractivity contribution in [3.05, 3.63) is 0 Å². The molecule has 0 aliphatic heterocycles. The minimum Gasteiger partial charge on any atom is -0.290 e. The van der Waals surface area contributed by atoms with Gasteiger partial charge in [0.1, 0.15) is 0 Å². The van der Waals surface area contributed by atoms with Crippen LogP contribution in [0.5, 0.6) is 0 Å². The summed E-state index contributed by atoms with van der Waals surface area (Å²) in [4.78, 5) is 6.87. The Labute approximate surface area is 38.1 Å². The van der Waals surface area contributed by atoms with Crippen LogP contribution in [0, 0.1) is 0 Å². The predicted octanol–water partition coefficient (Wildman–Crippen LogP) is -1.35. The van der Waals surface area contributed by atoms with Gasteiger partial charge < -0.3 is 0 Å². The summed E-state index contributed by atoms with van der Waals surface area (Å²) in [7, 11) is 0. The molecule has 0 heterocycles. The summed E-state index contributed by atoms with van der Waals surface area (Å²) in [5.74, 6) is 0. The molecule has 0 saturated carbocycles. The van der Waals surface area contributed by atoms with E-state index in [9.17, 15) is 0 Å². The lowest BCUT2D eigenvalue weighted by molar-refractivity contribution is -0.592. The number of nitrogens with one attached hydrogen (secondary N) is 2. The molecule has 0 aromatic rings. The lowest BCUT2D eigenvalue weighted by atomic mass is 13.2. The van der Waals surface area contributed by atoms with Gasteiger partial charge >= 0.3 is 0 Å². The SMILES string of the molecule is ONOOONO. The van der Waals surface area contributed by atoms with E-state index in [0.29, 0.717) is 0 Å². The van der Waals surface area contributed by atoms with Crippen molar-refractivity contribution in [3.8, 4) is 0 Å². The van der Waals surface area contributed by atoms with Crippen LogP contribution in [0.4, 0.5) is 0 Å². The molecule has 0 aliphatic rings. The molecular weight excluding hydrogens is 108 g/mol. The third-order valence-corrected chi connectivity index (χ3v) is 0.143. The summed E-state index contributed by atoms with van der Waals surface area (Å²) in [5.41, 5.74) is 2.21. The second kappa shape index (κ2) is 5.72. The van der Waals surface area contributed by atoms with E-state index >= 15 is 0 Å². The van der Waals surface area contributed by atoms with Gasteiger partial charge in [-0.15, -0.1) is 0 Å². The van der Waals surface area contributed by atoms with Crippen molar-refractivity contribution < 1.29 is 25.4 Å². The Hall–Kier alpha value is -0.280. The van der Waals surface area contributed by atoms with E-state index in [1.807, 2.05) is 0 Å².